The molecule has 0 saturated heterocycles. The first-order valence-electron chi connectivity index (χ1n) is 18.6. The van der Waals surface area contributed by atoms with E-state index in [1.807, 2.05) is 50.4 Å². The minimum atomic E-state index is -1.09. The van der Waals surface area contributed by atoms with Crippen molar-refractivity contribution >= 4 is 34.4 Å². The summed E-state index contributed by atoms with van der Waals surface area (Å²) >= 11 is 0. The number of rotatable bonds is 5. The maximum absolute atomic E-state index is 14.3. The zero-order valence-corrected chi connectivity index (χ0v) is 30.8. The molecular formula is C42H38N6O7. The van der Waals surface area contributed by atoms with Crippen LogP contribution in [0.25, 0.3) is 44.9 Å². The highest BCUT2D eigenvalue weighted by molar-refractivity contribution is 6.07. The Balaban J connectivity index is 1.23. The number of carbonyl (C=O) groups excluding carboxylic acids is 3. The fourth-order valence-corrected chi connectivity index (χ4v) is 8.78. The summed E-state index contributed by atoms with van der Waals surface area (Å²) in [7, 11) is 0. The molecule has 4 aliphatic rings. The van der Waals surface area contributed by atoms with Crippen molar-refractivity contribution in [1.82, 2.24) is 25.6 Å². The van der Waals surface area contributed by atoms with Gasteiger partial charge < -0.3 is 39.2 Å². The molecule has 13 heteroatoms. The number of aromatic nitrogens is 3. The summed E-state index contributed by atoms with van der Waals surface area (Å²) in [4.78, 5) is 53.3. The molecule has 6 aromatic rings. The van der Waals surface area contributed by atoms with Gasteiger partial charge in [0.25, 0.3) is 5.91 Å². The Kier molecular flexibility index (Phi) is 7.13. The first-order valence-corrected chi connectivity index (χ1v) is 18.6. The van der Waals surface area contributed by atoms with Crippen LogP contribution >= 0.6 is 0 Å². The van der Waals surface area contributed by atoms with E-state index >= 15 is 0 Å². The fraction of sp³-hybridized carbons (Fsp3) is 0.310. The number of anilines is 1. The Morgan fingerprint density at radius 2 is 1.80 bits per heavy atom. The van der Waals surface area contributed by atoms with Crippen LogP contribution in [0.3, 0.4) is 0 Å². The lowest BCUT2D eigenvalue weighted by Crippen LogP contribution is -2.53. The van der Waals surface area contributed by atoms with Crippen LogP contribution < -0.4 is 20.7 Å². The largest absolute Gasteiger partial charge is 0.469 e. The summed E-state index contributed by atoms with van der Waals surface area (Å²) in [6.45, 7) is 8.75. The van der Waals surface area contributed by atoms with Crippen LogP contribution in [0, 0.1) is 11.8 Å². The van der Waals surface area contributed by atoms with Crippen molar-refractivity contribution in [2.75, 3.05) is 5.32 Å². The summed E-state index contributed by atoms with van der Waals surface area (Å²) in [5, 5.41) is 10.8. The van der Waals surface area contributed by atoms with Gasteiger partial charge in [0.05, 0.1) is 6.20 Å². The van der Waals surface area contributed by atoms with Crippen LogP contribution in [0.1, 0.15) is 69.0 Å². The van der Waals surface area contributed by atoms with E-state index < -0.39 is 47.6 Å². The molecule has 2 amide bonds. The van der Waals surface area contributed by atoms with Gasteiger partial charge in [0, 0.05) is 58.4 Å². The van der Waals surface area contributed by atoms with E-state index in [0.717, 1.165) is 50.0 Å². The van der Waals surface area contributed by atoms with Crippen molar-refractivity contribution < 1.29 is 32.7 Å². The van der Waals surface area contributed by atoms with E-state index in [1.54, 1.807) is 20.0 Å². The maximum Gasteiger partial charge on any atom is 0.303 e. The molecule has 0 aliphatic carbocycles. The topological polar surface area (TPSA) is 174 Å². The first-order chi connectivity index (χ1) is 26.5. The van der Waals surface area contributed by atoms with Gasteiger partial charge in [0.2, 0.25) is 17.7 Å². The van der Waals surface area contributed by atoms with E-state index in [4.69, 9.17) is 28.3 Å². The highest BCUT2D eigenvalue weighted by atomic mass is 16.5. The van der Waals surface area contributed by atoms with Gasteiger partial charge >= 0.3 is 5.97 Å². The number of H-pyrrole nitrogens is 1. The van der Waals surface area contributed by atoms with Crippen LogP contribution in [0.5, 0.6) is 5.75 Å². The maximum atomic E-state index is 14.3. The summed E-state index contributed by atoms with van der Waals surface area (Å²) in [6, 6.07) is 16.5. The molecule has 4 N–H and O–H groups in total. The minimum absolute atomic E-state index is 0.141. The van der Waals surface area contributed by atoms with Crippen molar-refractivity contribution in [1.29, 1.82) is 0 Å². The van der Waals surface area contributed by atoms with Crippen molar-refractivity contribution in [3.8, 4) is 39.8 Å². The standard InChI is InChI=1S/C42H38N6O7/c1-18(2)32-40-47-34-36(55-40)42-25-10-6-9-23(22-8-7-11-27-31(22)24(16-43-27)30-17-44-39(34)53-30)33(25)48-41(42)54-29-13-12-21(14-26(29)42)15-28(37(50)46-32)45-38(51)35(19(3)4)52-20(5)49/h6-14,16-19,28,32,35,41,43,48H,15H2,1-5H3,(H,45,51)(H,46,50)/t28?,32-,35-,41?,42?/m0/s1. The average Bonchev–Trinajstić information content (AvgIpc) is 3.98. The number of fused-ring (bicyclic) bond motifs is 7. The number of esters is 1. The van der Waals surface area contributed by atoms with Crippen LogP contribution in [0.2, 0.25) is 0 Å². The van der Waals surface area contributed by atoms with Gasteiger partial charge in [-0.15, -0.1) is 0 Å². The number of nitrogens with one attached hydrogen (secondary N) is 4. The Morgan fingerprint density at radius 3 is 2.60 bits per heavy atom. The smallest absolute Gasteiger partial charge is 0.303 e. The second kappa shape index (κ2) is 11.8. The molecular weight excluding hydrogens is 700 g/mol. The third-order valence-electron chi connectivity index (χ3n) is 11.3. The predicted molar refractivity (Wildman–Crippen MR) is 201 cm³/mol. The second-order valence-corrected chi connectivity index (χ2v) is 15.5. The van der Waals surface area contributed by atoms with E-state index in [2.05, 4.69) is 45.2 Å². The molecule has 10 bridgehead atoms. The van der Waals surface area contributed by atoms with Crippen LogP contribution in [0.15, 0.2) is 75.8 Å². The molecule has 278 valence electrons. The molecule has 4 aliphatic heterocycles. The van der Waals surface area contributed by atoms with Crippen LogP contribution in [0.4, 0.5) is 5.69 Å². The van der Waals surface area contributed by atoms with E-state index in [9.17, 15) is 14.4 Å². The Bertz CT molecular complexity index is 2600. The third kappa shape index (κ3) is 4.74. The molecule has 0 fully saturated rings. The molecule has 0 radical (unpaired) electrons. The summed E-state index contributed by atoms with van der Waals surface area (Å²) in [5.74, 6) is 0.0558. The SMILES string of the molecule is CC(=O)O[C@H](C(=O)NC1Cc2ccc3c(c2)C24c5cccc(c5NC2O3)-c2cccc3[nH]cc(c23)-c2cnc(o2)-c2nc(oc24)[C@H](C(C)C)NC1=O)C(C)C. The van der Waals surface area contributed by atoms with Crippen molar-refractivity contribution in [2.24, 2.45) is 11.8 Å². The van der Waals surface area contributed by atoms with Gasteiger partial charge in [-0.3, -0.25) is 14.4 Å². The number of aromatic amines is 1. The summed E-state index contributed by atoms with van der Waals surface area (Å²) < 4.78 is 25.8. The lowest BCUT2D eigenvalue weighted by atomic mass is 9.72. The molecule has 0 saturated carbocycles. The van der Waals surface area contributed by atoms with Gasteiger partial charge in [0.1, 0.15) is 23.2 Å². The summed E-state index contributed by atoms with van der Waals surface area (Å²) in [6.07, 6.45) is 2.03. The average molecular weight is 739 g/mol. The number of benzene rings is 3. The molecule has 5 atom stereocenters. The Hall–Kier alpha value is -6.37. The van der Waals surface area contributed by atoms with E-state index in [0.29, 0.717) is 23.0 Å². The molecule has 3 aromatic carbocycles. The number of hydrogen-bond acceptors (Lipinski definition) is 10. The molecule has 7 heterocycles. The van der Waals surface area contributed by atoms with Gasteiger partial charge in [-0.05, 0) is 35.1 Å². The number of hydrogen-bond donors (Lipinski definition) is 4. The molecule has 3 unspecified atom stereocenters. The zero-order valence-electron chi connectivity index (χ0n) is 30.8. The van der Waals surface area contributed by atoms with Gasteiger partial charge in [-0.1, -0.05) is 70.2 Å². The minimum Gasteiger partial charge on any atom is -0.469 e. The van der Waals surface area contributed by atoms with Crippen molar-refractivity contribution in [3.63, 3.8) is 0 Å². The van der Waals surface area contributed by atoms with Gasteiger partial charge in [0.15, 0.2) is 29.5 Å². The normalized spacial score (nSPS) is 21.9. The highest BCUT2D eigenvalue weighted by Crippen LogP contribution is 2.61. The number of carbonyl (C=O) groups is 3. The number of ether oxygens (including phenoxy) is 2. The number of amides is 2. The van der Waals surface area contributed by atoms with Crippen LogP contribution in [-0.2, 0) is 31.0 Å². The molecule has 55 heavy (non-hydrogen) atoms. The number of oxazole rings is 2. The monoisotopic (exact) mass is 738 g/mol. The van der Waals surface area contributed by atoms with E-state index in [-0.39, 0.29) is 30.0 Å². The zero-order chi connectivity index (χ0) is 37.9. The van der Waals surface area contributed by atoms with Gasteiger partial charge in [-0.25, -0.2) is 9.97 Å². The molecule has 13 nitrogen and oxygen atoms in total. The Labute approximate surface area is 315 Å². The molecule has 10 rings (SSSR count). The second-order valence-electron chi connectivity index (χ2n) is 15.5. The lowest BCUT2D eigenvalue weighted by Gasteiger charge is -2.29. The lowest BCUT2D eigenvalue weighted by molar-refractivity contribution is -0.157. The van der Waals surface area contributed by atoms with Crippen molar-refractivity contribution in [3.05, 3.63) is 95.3 Å². The molecule has 3 aromatic heterocycles. The number of para-hydroxylation sites is 1. The van der Waals surface area contributed by atoms with Crippen molar-refractivity contribution in [2.45, 2.75) is 70.9 Å². The fourth-order valence-electron chi connectivity index (χ4n) is 8.78. The Morgan fingerprint density at radius 1 is 0.982 bits per heavy atom. The van der Waals surface area contributed by atoms with E-state index in [1.165, 1.54) is 6.92 Å². The quantitative estimate of drug-likeness (QED) is 0.145. The van der Waals surface area contributed by atoms with Crippen LogP contribution in [-0.4, -0.2) is 51.1 Å². The highest BCUT2D eigenvalue weighted by Gasteiger charge is 2.61. The molecule has 1 spiro atoms. The number of nitrogens with zero attached hydrogens (tertiary/aromatic N) is 2. The third-order valence-corrected chi connectivity index (χ3v) is 11.3. The predicted octanol–water partition coefficient (Wildman–Crippen LogP) is 6.38. The summed E-state index contributed by atoms with van der Waals surface area (Å²) in [5.41, 5.74) is 6.48. The first kappa shape index (κ1) is 33.2. The van der Waals surface area contributed by atoms with Gasteiger partial charge in [-0.2, -0.15) is 0 Å².